The van der Waals surface area contributed by atoms with Gasteiger partial charge in [0, 0.05) is 68.6 Å². The Hall–Kier alpha value is -4.65. The molecule has 5 heterocycles. The number of benzene rings is 2. The number of fused-ring (bicyclic) bond motifs is 2. The molecule has 0 atom stereocenters. The number of hydrogen-bond donors (Lipinski definition) is 0. The van der Waals surface area contributed by atoms with Crippen molar-refractivity contribution in [1.82, 2.24) is 33.9 Å². The van der Waals surface area contributed by atoms with Crippen LogP contribution in [0.3, 0.4) is 0 Å². The maximum atomic E-state index is 13.3. The number of rotatable bonds is 7. The molecule has 7 rings (SSSR count). The number of alkyl halides is 3. The van der Waals surface area contributed by atoms with E-state index in [-0.39, 0.29) is 29.9 Å². The average Bonchev–Trinajstić information content (AvgIpc) is 3.79. The van der Waals surface area contributed by atoms with Crippen LogP contribution in [0.15, 0.2) is 70.1 Å². The highest BCUT2D eigenvalue weighted by molar-refractivity contribution is 5.91. The van der Waals surface area contributed by atoms with Crippen LogP contribution in [0.2, 0.25) is 0 Å². The van der Waals surface area contributed by atoms with Crippen LogP contribution in [0, 0.1) is 0 Å². The minimum Gasteiger partial charge on any atom is -0.351 e. The maximum Gasteiger partial charge on any atom is 0.416 e. The summed E-state index contributed by atoms with van der Waals surface area (Å²) >= 11 is 0. The molecule has 1 amide bonds. The highest BCUT2D eigenvalue weighted by Crippen LogP contribution is 2.34. The second kappa shape index (κ2) is 11.9. The van der Waals surface area contributed by atoms with Gasteiger partial charge < -0.3 is 14.3 Å². The Bertz CT molecular complexity index is 1910. The number of para-hydroxylation sites is 2. The standard InChI is InChI=1S/C33H34F3N7O3/c1-39-27-5-2-3-6-28(27)43(32(39)45)24-12-18-40(19-13-24)16-4-17-42-26-14-20-41(31(44)29-11-15-37-46-29)21-25(26)30(38-42)22-7-9-23(10-8-22)33(34,35)36/h2-3,5-11,15,24H,4,12-14,16-21H2,1H3. The minimum absolute atomic E-state index is 0.0213. The van der Waals surface area contributed by atoms with Crippen LogP contribution < -0.4 is 5.69 Å². The normalized spacial score (nSPS) is 16.3. The number of hydrogen-bond acceptors (Lipinski definition) is 6. The lowest BCUT2D eigenvalue weighted by Crippen LogP contribution is -2.38. The SMILES string of the molecule is Cn1c(=O)n(C2CCN(CCCn3nc(-c4ccc(C(F)(F)F)cc4)c4c3CCN(C(=O)c3ccno3)C4)CC2)c2ccccc21. The Balaban J connectivity index is 1.05. The number of amides is 1. The largest absolute Gasteiger partial charge is 0.416 e. The third-order valence-electron chi connectivity index (χ3n) is 9.32. The Morgan fingerprint density at radius 2 is 1.72 bits per heavy atom. The van der Waals surface area contributed by atoms with Gasteiger partial charge in [0.1, 0.15) is 0 Å². The Morgan fingerprint density at radius 3 is 2.41 bits per heavy atom. The van der Waals surface area contributed by atoms with E-state index in [1.807, 2.05) is 40.6 Å². The molecule has 0 unspecified atom stereocenters. The van der Waals surface area contributed by atoms with Crippen molar-refractivity contribution in [1.29, 1.82) is 0 Å². The van der Waals surface area contributed by atoms with E-state index < -0.39 is 11.7 Å². The van der Waals surface area contributed by atoms with Crippen LogP contribution in [0.25, 0.3) is 22.3 Å². The third-order valence-corrected chi connectivity index (χ3v) is 9.32. The van der Waals surface area contributed by atoms with Gasteiger partial charge >= 0.3 is 11.9 Å². The molecule has 0 spiro atoms. The fraction of sp³-hybridized carbons (Fsp3) is 0.394. The summed E-state index contributed by atoms with van der Waals surface area (Å²) < 4.78 is 50.5. The van der Waals surface area contributed by atoms with Crippen molar-refractivity contribution in [3.05, 3.63) is 93.9 Å². The van der Waals surface area contributed by atoms with Crippen LogP contribution in [0.4, 0.5) is 13.2 Å². The van der Waals surface area contributed by atoms with Gasteiger partial charge in [-0.2, -0.15) is 18.3 Å². The van der Waals surface area contributed by atoms with E-state index in [4.69, 9.17) is 9.62 Å². The number of piperidine rings is 1. The van der Waals surface area contributed by atoms with Crippen molar-refractivity contribution in [3.8, 4) is 11.3 Å². The molecule has 0 radical (unpaired) electrons. The summed E-state index contributed by atoms with van der Waals surface area (Å²) in [6.45, 7) is 4.00. The van der Waals surface area contributed by atoms with Crippen molar-refractivity contribution in [3.63, 3.8) is 0 Å². The monoisotopic (exact) mass is 633 g/mol. The first-order valence-electron chi connectivity index (χ1n) is 15.5. The summed E-state index contributed by atoms with van der Waals surface area (Å²) in [6, 6.07) is 14.6. The molecule has 10 nitrogen and oxygen atoms in total. The van der Waals surface area contributed by atoms with Crippen molar-refractivity contribution < 1.29 is 22.5 Å². The molecule has 240 valence electrons. The van der Waals surface area contributed by atoms with Gasteiger partial charge in [0.15, 0.2) is 0 Å². The molecule has 0 aliphatic carbocycles. The first-order valence-corrected chi connectivity index (χ1v) is 15.5. The molecule has 1 saturated heterocycles. The molecular formula is C33H34F3N7O3. The highest BCUT2D eigenvalue weighted by Gasteiger charge is 2.32. The number of aryl methyl sites for hydroxylation is 2. The van der Waals surface area contributed by atoms with E-state index in [0.717, 1.165) is 73.3 Å². The van der Waals surface area contributed by atoms with Crippen LogP contribution in [0.5, 0.6) is 0 Å². The summed E-state index contributed by atoms with van der Waals surface area (Å²) in [6.07, 6.45) is 0.155. The number of imidazole rings is 1. The average molecular weight is 634 g/mol. The van der Waals surface area contributed by atoms with E-state index in [0.29, 0.717) is 30.8 Å². The van der Waals surface area contributed by atoms with Crippen LogP contribution in [-0.2, 0) is 32.7 Å². The van der Waals surface area contributed by atoms with Gasteiger partial charge in [-0.25, -0.2) is 4.79 Å². The lowest BCUT2D eigenvalue weighted by atomic mass is 9.99. The summed E-state index contributed by atoms with van der Waals surface area (Å²) in [7, 11) is 1.82. The molecule has 1 fully saturated rings. The van der Waals surface area contributed by atoms with Gasteiger partial charge in [0.05, 0.1) is 35.0 Å². The molecule has 5 aromatic rings. The molecule has 3 aromatic heterocycles. The van der Waals surface area contributed by atoms with Gasteiger partial charge in [0.2, 0.25) is 5.76 Å². The molecule has 13 heteroatoms. The van der Waals surface area contributed by atoms with Crippen LogP contribution >= 0.6 is 0 Å². The Morgan fingerprint density at radius 1 is 0.978 bits per heavy atom. The number of likely N-dealkylation sites (tertiary alicyclic amines) is 1. The highest BCUT2D eigenvalue weighted by atomic mass is 19.4. The second-order valence-electron chi connectivity index (χ2n) is 12.1. The molecule has 0 N–H and O–H groups in total. The van der Waals surface area contributed by atoms with Gasteiger partial charge in [-0.05, 0) is 50.1 Å². The summed E-state index contributed by atoms with van der Waals surface area (Å²) in [4.78, 5) is 30.1. The van der Waals surface area contributed by atoms with E-state index in [1.165, 1.54) is 24.4 Å². The van der Waals surface area contributed by atoms with Crippen molar-refractivity contribution in [2.45, 2.75) is 51.0 Å². The predicted octanol–water partition coefficient (Wildman–Crippen LogP) is 5.14. The third kappa shape index (κ3) is 5.52. The smallest absolute Gasteiger partial charge is 0.351 e. The first-order chi connectivity index (χ1) is 22.2. The van der Waals surface area contributed by atoms with E-state index in [9.17, 15) is 22.8 Å². The fourth-order valence-electron chi connectivity index (χ4n) is 6.90. The van der Waals surface area contributed by atoms with Gasteiger partial charge in [-0.15, -0.1) is 0 Å². The lowest BCUT2D eigenvalue weighted by molar-refractivity contribution is -0.137. The van der Waals surface area contributed by atoms with E-state index >= 15 is 0 Å². The topological polar surface area (TPSA) is 94.3 Å². The fourth-order valence-corrected chi connectivity index (χ4v) is 6.90. The summed E-state index contributed by atoms with van der Waals surface area (Å²) in [5, 5.41) is 8.53. The van der Waals surface area contributed by atoms with Crippen LogP contribution in [-0.4, -0.2) is 66.0 Å². The number of nitrogens with zero attached hydrogens (tertiary/aromatic N) is 7. The quantitative estimate of drug-likeness (QED) is 0.247. The van der Waals surface area contributed by atoms with Gasteiger partial charge in [-0.3, -0.25) is 18.6 Å². The number of halogens is 3. The van der Waals surface area contributed by atoms with Gasteiger partial charge in [-0.1, -0.05) is 29.4 Å². The summed E-state index contributed by atoms with van der Waals surface area (Å²) in [5.74, 6) is -0.149. The first kappa shape index (κ1) is 30.0. The molecule has 2 aromatic carbocycles. The second-order valence-corrected chi connectivity index (χ2v) is 12.1. The van der Waals surface area contributed by atoms with Crippen LogP contribution in [0.1, 0.15) is 52.7 Å². The zero-order chi connectivity index (χ0) is 32.0. The van der Waals surface area contributed by atoms with E-state index in [2.05, 4.69) is 10.1 Å². The molecule has 0 bridgehead atoms. The van der Waals surface area contributed by atoms with Gasteiger partial charge in [0.25, 0.3) is 5.91 Å². The Labute approximate surface area is 262 Å². The zero-order valence-electron chi connectivity index (χ0n) is 25.4. The van der Waals surface area contributed by atoms with Crippen molar-refractivity contribution >= 4 is 16.9 Å². The summed E-state index contributed by atoms with van der Waals surface area (Å²) in [5.41, 5.74) is 4.20. The molecular weight excluding hydrogens is 599 g/mol. The lowest BCUT2D eigenvalue weighted by Gasteiger charge is -2.32. The number of carbonyl (C=O) groups is 1. The minimum atomic E-state index is -4.43. The molecule has 2 aliphatic rings. The number of aromatic nitrogens is 5. The molecule has 0 saturated carbocycles. The zero-order valence-corrected chi connectivity index (χ0v) is 25.4. The molecule has 46 heavy (non-hydrogen) atoms. The number of carbonyl (C=O) groups excluding carboxylic acids is 1. The maximum absolute atomic E-state index is 13.3. The van der Waals surface area contributed by atoms with Crippen molar-refractivity contribution in [2.75, 3.05) is 26.2 Å². The van der Waals surface area contributed by atoms with E-state index in [1.54, 1.807) is 9.47 Å². The predicted molar refractivity (Wildman–Crippen MR) is 164 cm³/mol. The van der Waals surface area contributed by atoms with Crippen molar-refractivity contribution in [2.24, 2.45) is 7.05 Å². The molecule has 2 aliphatic heterocycles. The Kier molecular flexibility index (Phi) is 7.79.